The molecule has 2 nitrogen and oxygen atoms in total. The number of ether oxygens (including phenoxy) is 1. The average molecular weight is 219 g/mol. The summed E-state index contributed by atoms with van der Waals surface area (Å²) in [6.07, 6.45) is 3.91. The Labute approximate surface area is 94.7 Å². The summed E-state index contributed by atoms with van der Waals surface area (Å²) >= 11 is 0. The predicted molar refractivity (Wildman–Crippen MR) is 58.6 cm³/mol. The molecule has 1 aliphatic rings. The van der Waals surface area contributed by atoms with Gasteiger partial charge in [0.2, 0.25) is 0 Å². The van der Waals surface area contributed by atoms with E-state index in [1.165, 1.54) is 31.4 Å². The molecule has 1 saturated carbocycles. The average Bonchev–Trinajstić information content (AvgIpc) is 2.19. The SMILES string of the molecule is N#CCc1cc(F)ccc1OCC1CCC1. The minimum absolute atomic E-state index is 0.192. The molecule has 0 aliphatic heterocycles. The van der Waals surface area contributed by atoms with Crippen LogP contribution in [0.2, 0.25) is 0 Å². The lowest BCUT2D eigenvalue weighted by molar-refractivity contribution is 0.179. The van der Waals surface area contributed by atoms with Crippen LogP contribution in [0, 0.1) is 23.1 Å². The zero-order valence-corrected chi connectivity index (χ0v) is 9.08. The maximum atomic E-state index is 13.0. The molecule has 0 amide bonds. The third-order valence-corrected chi connectivity index (χ3v) is 2.99. The van der Waals surface area contributed by atoms with E-state index < -0.39 is 0 Å². The lowest BCUT2D eigenvalue weighted by Crippen LogP contribution is -2.19. The quantitative estimate of drug-likeness (QED) is 0.779. The molecular weight excluding hydrogens is 205 g/mol. The molecule has 0 aromatic heterocycles. The summed E-state index contributed by atoms with van der Waals surface area (Å²) in [6, 6.07) is 6.38. The van der Waals surface area contributed by atoms with Gasteiger partial charge >= 0.3 is 0 Å². The van der Waals surface area contributed by atoms with Crippen LogP contribution in [-0.4, -0.2) is 6.61 Å². The highest BCUT2D eigenvalue weighted by atomic mass is 19.1. The Bertz CT molecular complexity index is 407. The number of nitrogens with zero attached hydrogens (tertiary/aromatic N) is 1. The zero-order chi connectivity index (χ0) is 11.4. The maximum absolute atomic E-state index is 13.0. The van der Waals surface area contributed by atoms with Gasteiger partial charge in [-0.15, -0.1) is 0 Å². The van der Waals surface area contributed by atoms with Crippen molar-refractivity contribution in [3.8, 4) is 11.8 Å². The Morgan fingerprint density at radius 3 is 2.88 bits per heavy atom. The second-order valence-electron chi connectivity index (χ2n) is 4.19. The van der Waals surface area contributed by atoms with Gasteiger partial charge in [-0.2, -0.15) is 5.26 Å². The number of hydrogen-bond acceptors (Lipinski definition) is 2. The highest BCUT2D eigenvalue weighted by Gasteiger charge is 2.18. The van der Waals surface area contributed by atoms with Gasteiger partial charge in [-0.3, -0.25) is 0 Å². The third kappa shape index (κ3) is 2.52. The first-order valence-electron chi connectivity index (χ1n) is 5.58. The fraction of sp³-hybridized carbons (Fsp3) is 0.462. The Kier molecular flexibility index (Phi) is 3.40. The summed E-state index contributed by atoms with van der Waals surface area (Å²) < 4.78 is 18.6. The van der Waals surface area contributed by atoms with E-state index in [4.69, 9.17) is 10.00 Å². The number of rotatable bonds is 4. The van der Waals surface area contributed by atoms with Crippen molar-refractivity contribution in [2.45, 2.75) is 25.7 Å². The molecule has 0 bridgehead atoms. The molecule has 1 fully saturated rings. The van der Waals surface area contributed by atoms with Crippen LogP contribution >= 0.6 is 0 Å². The van der Waals surface area contributed by atoms with Crippen LogP contribution in [0.25, 0.3) is 0 Å². The van der Waals surface area contributed by atoms with Gasteiger partial charge in [-0.1, -0.05) is 6.42 Å². The third-order valence-electron chi connectivity index (χ3n) is 2.99. The van der Waals surface area contributed by atoms with Crippen LogP contribution in [0.1, 0.15) is 24.8 Å². The monoisotopic (exact) mass is 219 g/mol. The van der Waals surface area contributed by atoms with E-state index in [2.05, 4.69) is 0 Å². The standard InChI is InChI=1S/C13H14FNO/c14-12-4-5-13(11(8-12)6-7-15)16-9-10-2-1-3-10/h4-5,8,10H,1-3,6,9H2. The van der Waals surface area contributed by atoms with E-state index in [9.17, 15) is 4.39 Å². The summed E-state index contributed by atoms with van der Waals surface area (Å²) in [5.74, 6) is 0.969. The highest BCUT2D eigenvalue weighted by Crippen LogP contribution is 2.28. The smallest absolute Gasteiger partial charge is 0.123 e. The first-order valence-corrected chi connectivity index (χ1v) is 5.58. The van der Waals surface area contributed by atoms with Crippen LogP contribution in [0.3, 0.4) is 0 Å². The van der Waals surface area contributed by atoms with Crippen molar-refractivity contribution >= 4 is 0 Å². The minimum Gasteiger partial charge on any atom is -0.493 e. The van der Waals surface area contributed by atoms with E-state index in [0.29, 0.717) is 23.8 Å². The van der Waals surface area contributed by atoms with E-state index >= 15 is 0 Å². The summed E-state index contributed by atoms with van der Waals surface area (Å²) in [5.41, 5.74) is 0.641. The number of hydrogen-bond donors (Lipinski definition) is 0. The fourth-order valence-electron chi connectivity index (χ4n) is 1.78. The highest BCUT2D eigenvalue weighted by molar-refractivity contribution is 5.35. The van der Waals surface area contributed by atoms with Gasteiger partial charge in [0.15, 0.2) is 0 Å². The Morgan fingerprint density at radius 2 is 2.25 bits per heavy atom. The van der Waals surface area contributed by atoms with Crippen molar-refractivity contribution in [3.05, 3.63) is 29.6 Å². The fourth-order valence-corrected chi connectivity index (χ4v) is 1.78. The molecule has 0 unspecified atom stereocenters. The Hall–Kier alpha value is -1.56. The molecule has 0 spiro atoms. The van der Waals surface area contributed by atoms with Crippen LogP contribution < -0.4 is 4.74 Å². The molecule has 1 aromatic rings. The Morgan fingerprint density at radius 1 is 1.44 bits per heavy atom. The normalized spacial score (nSPS) is 15.2. The van der Waals surface area contributed by atoms with Crippen molar-refractivity contribution in [1.82, 2.24) is 0 Å². The molecule has 84 valence electrons. The zero-order valence-electron chi connectivity index (χ0n) is 9.08. The number of nitriles is 1. The molecule has 1 aliphatic carbocycles. The second-order valence-corrected chi connectivity index (χ2v) is 4.19. The topological polar surface area (TPSA) is 33.0 Å². The molecule has 1 aromatic carbocycles. The first-order chi connectivity index (χ1) is 7.79. The van der Waals surface area contributed by atoms with E-state index in [1.54, 1.807) is 6.07 Å². The number of benzene rings is 1. The number of halogens is 1. The van der Waals surface area contributed by atoms with E-state index in [-0.39, 0.29) is 12.2 Å². The molecule has 16 heavy (non-hydrogen) atoms. The minimum atomic E-state index is -0.318. The molecule has 2 rings (SSSR count). The van der Waals surface area contributed by atoms with E-state index in [1.807, 2.05) is 6.07 Å². The van der Waals surface area contributed by atoms with Crippen molar-refractivity contribution in [3.63, 3.8) is 0 Å². The Balaban J connectivity index is 2.03. The molecule has 0 saturated heterocycles. The van der Waals surface area contributed by atoms with Crippen molar-refractivity contribution in [2.24, 2.45) is 5.92 Å². The summed E-state index contributed by atoms with van der Waals surface area (Å²) in [6.45, 7) is 0.685. The van der Waals surface area contributed by atoms with Crippen LogP contribution in [-0.2, 0) is 6.42 Å². The first kappa shape index (κ1) is 10.9. The van der Waals surface area contributed by atoms with Crippen molar-refractivity contribution in [2.75, 3.05) is 6.61 Å². The molecule has 0 N–H and O–H groups in total. The second kappa shape index (κ2) is 4.98. The molecule has 0 heterocycles. The van der Waals surface area contributed by atoms with Gasteiger partial charge in [-0.05, 0) is 37.0 Å². The van der Waals surface area contributed by atoms with Gasteiger partial charge in [0.25, 0.3) is 0 Å². The van der Waals surface area contributed by atoms with Crippen molar-refractivity contribution < 1.29 is 9.13 Å². The summed E-state index contributed by atoms with van der Waals surface area (Å²) in [7, 11) is 0. The van der Waals surface area contributed by atoms with Gasteiger partial charge in [0.1, 0.15) is 11.6 Å². The molecule has 0 atom stereocenters. The summed E-state index contributed by atoms with van der Waals surface area (Å²) in [4.78, 5) is 0. The van der Waals surface area contributed by atoms with Gasteiger partial charge < -0.3 is 4.74 Å². The molecular formula is C13H14FNO. The molecule has 0 radical (unpaired) electrons. The predicted octanol–water partition coefficient (Wildman–Crippen LogP) is 3.07. The van der Waals surface area contributed by atoms with Gasteiger partial charge in [0, 0.05) is 5.56 Å². The maximum Gasteiger partial charge on any atom is 0.123 e. The lowest BCUT2D eigenvalue weighted by Gasteiger charge is -2.25. The largest absolute Gasteiger partial charge is 0.493 e. The lowest BCUT2D eigenvalue weighted by atomic mass is 9.86. The van der Waals surface area contributed by atoms with Crippen LogP contribution in [0.15, 0.2) is 18.2 Å². The summed E-state index contributed by atoms with van der Waals surface area (Å²) in [5, 5.41) is 8.64. The van der Waals surface area contributed by atoms with Crippen molar-refractivity contribution in [1.29, 1.82) is 5.26 Å². The van der Waals surface area contributed by atoms with Crippen LogP contribution in [0.4, 0.5) is 4.39 Å². The van der Waals surface area contributed by atoms with Gasteiger partial charge in [-0.25, -0.2) is 4.39 Å². The van der Waals surface area contributed by atoms with Gasteiger partial charge in [0.05, 0.1) is 19.1 Å². The van der Waals surface area contributed by atoms with Crippen LogP contribution in [0.5, 0.6) is 5.75 Å². The molecule has 3 heteroatoms. The van der Waals surface area contributed by atoms with E-state index in [0.717, 1.165) is 0 Å².